The Balaban J connectivity index is 1.99. The number of benzene rings is 1. The lowest BCUT2D eigenvalue weighted by Gasteiger charge is -2.30. The van der Waals surface area contributed by atoms with Gasteiger partial charge in [0.1, 0.15) is 5.75 Å². The highest BCUT2D eigenvalue weighted by Crippen LogP contribution is 2.23. The van der Waals surface area contributed by atoms with Crippen molar-refractivity contribution in [3.8, 4) is 5.75 Å². The van der Waals surface area contributed by atoms with Gasteiger partial charge >= 0.3 is 0 Å². The van der Waals surface area contributed by atoms with Crippen molar-refractivity contribution in [3.05, 3.63) is 29.3 Å². The van der Waals surface area contributed by atoms with Gasteiger partial charge in [-0.3, -0.25) is 4.79 Å². The van der Waals surface area contributed by atoms with Gasteiger partial charge in [0.05, 0.1) is 0 Å². The largest absolute Gasteiger partial charge is 0.508 e. The highest BCUT2D eigenvalue weighted by atomic mass is 16.3. The number of amides is 1. The van der Waals surface area contributed by atoms with Gasteiger partial charge in [0.25, 0.3) is 0 Å². The molecule has 2 N–H and O–H groups in total. The summed E-state index contributed by atoms with van der Waals surface area (Å²) in [7, 11) is 0. The van der Waals surface area contributed by atoms with Crippen molar-refractivity contribution in [2.24, 2.45) is 0 Å². The number of carbonyl (C=O) groups excluding carboxylic acids is 1. The zero-order valence-electron chi connectivity index (χ0n) is 11.6. The van der Waals surface area contributed by atoms with Crippen LogP contribution >= 0.6 is 0 Å². The minimum Gasteiger partial charge on any atom is -0.508 e. The van der Waals surface area contributed by atoms with Crippen molar-refractivity contribution >= 4 is 5.91 Å². The molecule has 1 aromatic rings. The van der Waals surface area contributed by atoms with Crippen LogP contribution in [0.4, 0.5) is 0 Å². The number of nitrogens with zero attached hydrogens (tertiary/aromatic N) is 1. The van der Waals surface area contributed by atoms with Gasteiger partial charge in [-0.15, -0.1) is 0 Å². The maximum Gasteiger partial charge on any atom is 0.224 e. The number of hydrogen-bond donors (Lipinski definition) is 2. The van der Waals surface area contributed by atoms with E-state index in [-0.39, 0.29) is 17.7 Å². The Kier molecular flexibility index (Phi) is 4.43. The Morgan fingerprint density at radius 3 is 3.00 bits per heavy atom. The monoisotopic (exact) mass is 262 g/mol. The van der Waals surface area contributed by atoms with Gasteiger partial charge in [-0.1, -0.05) is 13.0 Å². The number of aromatic hydroxyl groups is 1. The molecular weight excluding hydrogens is 240 g/mol. The Morgan fingerprint density at radius 1 is 1.47 bits per heavy atom. The summed E-state index contributed by atoms with van der Waals surface area (Å²) in [5.41, 5.74) is 2.30. The lowest BCUT2D eigenvalue weighted by Crippen LogP contribution is -2.39. The number of nitrogens with one attached hydrogen (secondary N) is 1. The first kappa shape index (κ1) is 13.9. The molecule has 1 aliphatic rings. The molecule has 4 heteroatoms. The number of hydrogen-bond acceptors (Lipinski definition) is 3. The number of phenols is 1. The Hall–Kier alpha value is -1.55. The lowest BCUT2D eigenvalue weighted by molar-refractivity contribution is -0.132. The van der Waals surface area contributed by atoms with Crippen molar-refractivity contribution < 1.29 is 9.90 Å². The van der Waals surface area contributed by atoms with Crippen LogP contribution in [0.1, 0.15) is 31.4 Å². The molecular formula is C15H22N2O2. The first-order valence-corrected chi connectivity index (χ1v) is 6.92. The third-order valence-electron chi connectivity index (χ3n) is 3.59. The second-order valence-electron chi connectivity index (χ2n) is 5.18. The van der Waals surface area contributed by atoms with Crippen molar-refractivity contribution in [1.29, 1.82) is 0 Å². The van der Waals surface area contributed by atoms with Gasteiger partial charge in [-0.2, -0.15) is 0 Å². The van der Waals surface area contributed by atoms with Crippen LogP contribution in [0.5, 0.6) is 5.75 Å². The van der Waals surface area contributed by atoms with Crippen LogP contribution in [0.15, 0.2) is 18.2 Å². The smallest absolute Gasteiger partial charge is 0.224 e. The van der Waals surface area contributed by atoms with Crippen molar-refractivity contribution in [3.63, 3.8) is 0 Å². The number of phenolic OH excluding ortho intramolecular Hbond substituents is 1. The van der Waals surface area contributed by atoms with Crippen LogP contribution in [0.3, 0.4) is 0 Å². The molecule has 1 unspecified atom stereocenters. The average molecular weight is 262 g/mol. The maximum absolute atomic E-state index is 12.2. The molecule has 0 saturated carbocycles. The topological polar surface area (TPSA) is 52.6 Å². The maximum atomic E-state index is 12.2. The fourth-order valence-electron chi connectivity index (χ4n) is 2.57. The third kappa shape index (κ3) is 3.47. The van der Waals surface area contributed by atoms with Crippen molar-refractivity contribution in [2.45, 2.75) is 39.3 Å². The van der Waals surface area contributed by atoms with E-state index in [4.69, 9.17) is 0 Å². The summed E-state index contributed by atoms with van der Waals surface area (Å²) < 4.78 is 0. The van der Waals surface area contributed by atoms with Crippen LogP contribution in [0.2, 0.25) is 0 Å². The lowest BCUT2D eigenvalue weighted by atomic mass is 9.99. The molecule has 0 aromatic heterocycles. The molecule has 1 aromatic carbocycles. The highest BCUT2D eigenvalue weighted by molar-refractivity contribution is 5.77. The summed E-state index contributed by atoms with van der Waals surface area (Å²) in [4.78, 5) is 14.1. The summed E-state index contributed by atoms with van der Waals surface area (Å²) in [5.74, 6) is 0.455. The van der Waals surface area contributed by atoms with Gasteiger partial charge in [-0.05, 0) is 43.1 Å². The van der Waals surface area contributed by atoms with E-state index in [1.165, 1.54) is 5.56 Å². The predicted octanol–water partition coefficient (Wildman–Crippen LogP) is 1.66. The molecule has 1 heterocycles. The third-order valence-corrected chi connectivity index (χ3v) is 3.59. The van der Waals surface area contributed by atoms with Crippen LogP contribution in [0, 0.1) is 0 Å². The molecule has 0 aliphatic carbocycles. The molecule has 1 atom stereocenters. The molecule has 19 heavy (non-hydrogen) atoms. The first-order valence-electron chi connectivity index (χ1n) is 6.92. The van der Waals surface area contributed by atoms with Crippen LogP contribution < -0.4 is 5.32 Å². The van der Waals surface area contributed by atoms with E-state index < -0.39 is 0 Å². The van der Waals surface area contributed by atoms with Crippen molar-refractivity contribution in [2.75, 3.05) is 13.1 Å². The second-order valence-corrected chi connectivity index (χ2v) is 5.18. The van der Waals surface area contributed by atoms with E-state index >= 15 is 0 Å². The molecule has 0 fully saturated rings. The van der Waals surface area contributed by atoms with Crippen LogP contribution in [0.25, 0.3) is 0 Å². The SMILES string of the molecule is CCNC(C)CC(=O)N1CCc2ccc(O)cc2C1. The molecule has 1 aliphatic heterocycles. The predicted molar refractivity (Wildman–Crippen MR) is 75.0 cm³/mol. The standard InChI is InChI=1S/C15H22N2O2/c1-3-16-11(2)8-15(19)17-7-6-12-4-5-14(18)9-13(12)10-17/h4-5,9,11,16,18H,3,6-8,10H2,1-2H3. The summed E-state index contributed by atoms with van der Waals surface area (Å²) >= 11 is 0. The minimum absolute atomic E-state index is 0.183. The first-order chi connectivity index (χ1) is 9.10. The molecule has 0 spiro atoms. The average Bonchev–Trinajstić information content (AvgIpc) is 2.38. The van der Waals surface area contributed by atoms with E-state index in [1.54, 1.807) is 12.1 Å². The molecule has 4 nitrogen and oxygen atoms in total. The van der Waals surface area contributed by atoms with E-state index in [1.807, 2.05) is 24.8 Å². The van der Waals surface area contributed by atoms with E-state index in [2.05, 4.69) is 5.32 Å². The quantitative estimate of drug-likeness (QED) is 0.868. The summed E-state index contributed by atoms with van der Waals surface area (Å²) in [5, 5.41) is 12.8. The zero-order chi connectivity index (χ0) is 13.8. The molecule has 0 saturated heterocycles. The second kappa shape index (κ2) is 6.06. The molecule has 2 rings (SSSR count). The van der Waals surface area contributed by atoms with Crippen LogP contribution in [-0.4, -0.2) is 35.0 Å². The minimum atomic E-state index is 0.183. The van der Waals surface area contributed by atoms with Gasteiger partial charge in [0.15, 0.2) is 0 Å². The molecule has 0 bridgehead atoms. The molecule has 104 valence electrons. The van der Waals surface area contributed by atoms with E-state index in [9.17, 15) is 9.90 Å². The summed E-state index contributed by atoms with van der Waals surface area (Å²) in [6, 6.07) is 5.64. The fourth-order valence-corrected chi connectivity index (χ4v) is 2.57. The number of fused-ring (bicyclic) bond motifs is 1. The summed E-state index contributed by atoms with van der Waals surface area (Å²) in [6.07, 6.45) is 1.40. The van der Waals surface area contributed by atoms with Gasteiger partial charge in [-0.25, -0.2) is 0 Å². The van der Waals surface area contributed by atoms with Crippen molar-refractivity contribution in [1.82, 2.24) is 10.2 Å². The van der Waals surface area contributed by atoms with Gasteiger partial charge < -0.3 is 15.3 Å². The highest BCUT2D eigenvalue weighted by Gasteiger charge is 2.21. The fraction of sp³-hybridized carbons (Fsp3) is 0.533. The van der Waals surface area contributed by atoms with E-state index in [0.717, 1.165) is 25.1 Å². The molecule has 1 amide bonds. The Labute approximate surface area is 114 Å². The zero-order valence-corrected chi connectivity index (χ0v) is 11.6. The van der Waals surface area contributed by atoms with Gasteiger partial charge in [0, 0.05) is 25.6 Å². The van der Waals surface area contributed by atoms with Gasteiger partial charge in [0.2, 0.25) is 5.91 Å². The normalized spacial score (nSPS) is 16.0. The Bertz CT molecular complexity index is 459. The van der Waals surface area contributed by atoms with Crippen LogP contribution in [-0.2, 0) is 17.8 Å². The number of carbonyl (C=O) groups is 1. The molecule has 0 radical (unpaired) electrons. The summed E-state index contributed by atoms with van der Waals surface area (Å²) in [6.45, 7) is 6.34. The Morgan fingerprint density at radius 2 is 2.26 bits per heavy atom. The number of rotatable bonds is 4. The van der Waals surface area contributed by atoms with E-state index in [0.29, 0.717) is 13.0 Å².